The molecule has 2 rings (SSSR count). The van der Waals surface area contributed by atoms with Crippen LogP contribution in [0.5, 0.6) is 17.2 Å². The third-order valence-electron chi connectivity index (χ3n) is 4.01. The van der Waals surface area contributed by atoms with Crippen molar-refractivity contribution in [3.05, 3.63) is 59.2 Å². The molecule has 0 aliphatic carbocycles. The Labute approximate surface area is 156 Å². The molecule has 0 aliphatic heterocycles. The smallest absolute Gasteiger partial charge is 0.161 e. The van der Waals surface area contributed by atoms with Gasteiger partial charge in [0.25, 0.3) is 0 Å². The van der Waals surface area contributed by atoms with Crippen LogP contribution in [0.2, 0.25) is 0 Å². The molecule has 0 radical (unpaired) electrons. The van der Waals surface area contributed by atoms with Gasteiger partial charge in [0.05, 0.1) is 20.3 Å². The van der Waals surface area contributed by atoms with Crippen molar-refractivity contribution >= 4 is 6.08 Å². The number of aryl methyl sites for hydroxylation is 2. The third kappa shape index (κ3) is 6.12. The summed E-state index contributed by atoms with van der Waals surface area (Å²) in [6, 6.07) is 12.0. The molecular weight excluding hydrogens is 328 g/mol. The predicted octanol–water partition coefficient (Wildman–Crippen LogP) is 4.82. The highest BCUT2D eigenvalue weighted by Crippen LogP contribution is 2.28. The van der Waals surface area contributed by atoms with Crippen LogP contribution in [0.1, 0.15) is 23.6 Å². The standard InChI is InChI=1S/C22H28O4/c1-5-6-19-8-10-21(22(16-19)23-4)26-14-12-24-11-13-25-20-9-7-17(2)18(3)15-20/h5-10,15-16H,11-14H2,1-4H3. The normalized spacial score (nSPS) is 10.9. The maximum absolute atomic E-state index is 5.74. The predicted molar refractivity (Wildman–Crippen MR) is 105 cm³/mol. The molecule has 140 valence electrons. The SMILES string of the molecule is CC=Cc1ccc(OCCOCCOc2ccc(C)c(C)c2)c(OC)c1. The summed E-state index contributed by atoms with van der Waals surface area (Å²) in [5.41, 5.74) is 3.57. The molecule has 4 heteroatoms. The van der Waals surface area contributed by atoms with Crippen molar-refractivity contribution < 1.29 is 18.9 Å². The van der Waals surface area contributed by atoms with E-state index in [1.165, 1.54) is 11.1 Å². The van der Waals surface area contributed by atoms with E-state index in [1.807, 2.05) is 49.4 Å². The van der Waals surface area contributed by atoms with Crippen LogP contribution in [-0.2, 0) is 4.74 Å². The Balaban J connectivity index is 1.66. The van der Waals surface area contributed by atoms with Crippen LogP contribution in [0.15, 0.2) is 42.5 Å². The van der Waals surface area contributed by atoms with E-state index < -0.39 is 0 Å². The van der Waals surface area contributed by atoms with E-state index in [0.717, 1.165) is 22.8 Å². The quantitative estimate of drug-likeness (QED) is 0.572. The average molecular weight is 356 g/mol. The summed E-state index contributed by atoms with van der Waals surface area (Å²) in [6.45, 7) is 8.15. The van der Waals surface area contributed by atoms with Gasteiger partial charge in [0.2, 0.25) is 0 Å². The number of hydrogen-bond acceptors (Lipinski definition) is 4. The Morgan fingerprint density at radius 3 is 2.27 bits per heavy atom. The zero-order valence-electron chi connectivity index (χ0n) is 16.1. The fourth-order valence-corrected chi connectivity index (χ4v) is 2.43. The Morgan fingerprint density at radius 2 is 1.58 bits per heavy atom. The minimum Gasteiger partial charge on any atom is -0.493 e. The van der Waals surface area contributed by atoms with Gasteiger partial charge in [0, 0.05) is 0 Å². The summed E-state index contributed by atoms with van der Waals surface area (Å²) in [5, 5.41) is 0. The van der Waals surface area contributed by atoms with Crippen LogP contribution in [0.3, 0.4) is 0 Å². The Kier molecular flexibility index (Phi) is 8.03. The molecule has 0 N–H and O–H groups in total. The molecule has 0 saturated heterocycles. The molecule has 0 spiro atoms. The third-order valence-corrected chi connectivity index (χ3v) is 4.01. The van der Waals surface area contributed by atoms with E-state index >= 15 is 0 Å². The highest BCUT2D eigenvalue weighted by Gasteiger charge is 2.04. The summed E-state index contributed by atoms with van der Waals surface area (Å²) in [5.74, 6) is 2.31. The van der Waals surface area contributed by atoms with Crippen molar-refractivity contribution in [2.75, 3.05) is 33.5 Å². The molecule has 0 saturated carbocycles. The Bertz CT molecular complexity index is 722. The van der Waals surface area contributed by atoms with Crippen molar-refractivity contribution in [1.82, 2.24) is 0 Å². The molecule has 2 aromatic carbocycles. The molecule has 0 bridgehead atoms. The van der Waals surface area contributed by atoms with Gasteiger partial charge in [0.1, 0.15) is 19.0 Å². The maximum Gasteiger partial charge on any atom is 0.161 e. The van der Waals surface area contributed by atoms with Crippen LogP contribution in [0, 0.1) is 13.8 Å². The first-order valence-corrected chi connectivity index (χ1v) is 8.85. The molecule has 26 heavy (non-hydrogen) atoms. The fourth-order valence-electron chi connectivity index (χ4n) is 2.43. The largest absolute Gasteiger partial charge is 0.493 e. The van der Waals surface area contributed by atoms with E-state index in [4.69, 9.17) is 18.9 Å². The lowest BCUT2D eigenvalue weighted by Gasteiger charge is -2.12. The van der Waals surface area contributed by atoms with Crippen LogP contribution in [-0.4, -0.2) is 33.5 Å². The molecular formula is C22H28O4. The molecule has 0 unspecified atom stereocenters. The van der Waals surface area contributed by atoms with E-state index in [0.29, 0.717) is 26.4 Å². The second-order valence-electron chi connectivity index (χ2n) is 5.97. The Morgan fingerprint density at radius 1 is 0.808 bits per heavy atom. The van der Waals surface area contributed by atoms with Gasteiger partial charge < -0.3 is 18.9 Å². The molecule has 0 atom stereocenters. The number of rotatable bonds is 10. The van der Waals surface area contributed by atoms with Crippen LogP contribution in [0.4, 0.5) is 0 Å². The summed E-state index contributed by atoms with van der Waals surface area (Å²) in [4.78, 5) is 0. The number of ether oxygens (including phenoxy) is 4. The van der Waals surface area contributed by atoms with Gasteiger partial charge in [0.15, 0.2) is 11.5 Å². The average Bonchev–Trinajstić information content (AvgIpc) is 2.64. The van der Waals surface area contributed by atoms with Gasteiger partial charge in [-0.15, -0.1) is 0 Å². The molecule has 0 aromatic heterocycles. The number of hydrogen-bond donors (Lipinski definition) is 0. The lowest BCUT2D eigenvalue weighted by molar-refractivity contribution is 0.0757. The van der Waals surface area contributed by atoms with Gasteiger partial charge in [-0.05, 0) is 61.7 Å². The van der Waals surface area contributed by atoms with E-state index in [-0.39, 0.29) is 0 Å². The van der Waals surface area contributed by atoms with E-state index in [9.17, 15) is 0 Å². The van der Waals surface area contributed by atoms with E-state index in [1.54, 1.807) is 7.11 Å². The van der Waals surface area contributed by atoms with E-state index in [2.05, 4.69) is 19.9 Å². The van der Waals surface area contributed by atoms with Gasteiger partial charge in [-0.2, -0.15) is 0 Å². The topological polar surface area (TPSA) is 36.9 Å². The number of benzene rings is 2. The second kappa shape index (κ2) is 10.5. The molecule has 0 amide bonds. The zero-order chi connectivity index (χ0) is 18.8. The lowest BCUT2D eigenvalue weighted by Crippen LogP contribution is -2.12. The fraction of sp³-hybridized carbons (Fsp3) is 0.364. The van der Waals surface area contributed by atoms with Crippen molar-refractivity contribution in [2.45, 2.75) is 20.8 Å². The van der Waals surface area contributed by atoms with Crippen LogP contribution < -0.4 is 14.2 Å². The monoisotopic (exact) mass is 356 g/mol. The van der Waals surface area contributed by atoms with Crippen molar-refractivity contribution in [3.63, 3.8) is 0 Å². The first kappa shape index (κ1) is 19.9. The highest BCUT2D eigenvalue weighted by molar-refractivity contribution is 5.55. The van der Waals surface area contributed by atoms with Gasteiger partial charge in [-0.1, -0.05) is 24.3 Å². The molecule has 0 fully saturated rings. The maximum atomic E-state index is 5.74. The molecule has 4 nitrogen and oxygen atoms in total. The zero-order valence-corrected chi connectivity index (χ0v) is 16.1. The highest BCUT2D eigenvalue weighted by atomic mass is 16.6. The lowest BCUT2D eigenvalue weighted by atomic mass is 10.1. The minimum atomic E-state index is 0.461. The first-order valence-electron chi connectivity index (χ1n) is 8.85. The Hall–Kier alpha value is -2.46. The summed E-state index contributed by atoms with van der Waals surface area (Å²) in [6.07, 6.45) is 4.01. The summed E-state index contributed by atoms with van der Waals surface area (Å²) >= 11 is 0. The van der Waals surface area contributed by atoms with Crippen LogP contribution >= 0.6 is 0 Å². The number of allylic oxidation sites excluding steroid dienone is 1. The molecule has 0 aliphatic rings. The van der Waals surface area contributed by atoms with Crippen molar-refractivity contribution in [3.8, 4) is 17.2 Å². The van der Waals surface area contributed by atoms with Crippen LogP contribution in [0.25, 0.3) is 6.08 Å². The van der Waals surface area contributed by atoms with Crippen molar-refractivity contribution in [2.24, 2.45) is 0 Å². The van der Waals surface area contributed by atoms with Gasteiger partial charge >= 0.3 is 0 Å². The second-order valence-corrected chi connectivity index (χ2v) is 5.97. The summed E-state index contributed by atoms with van der Waals surface area (Å²) in [7, 11) is 1.64. The first-order chi connectivity index (χ1) is 12.6. The minimum absolute atomic E-state index is 0.461. The van der Waals surface area contributed by atoms with Gasteiger partial charge in [-0.3, -0.25) is 0 Å². The van der Waals surface area contributed by atoms with Gasteiger partial charge in [-0.25, -0.2) is 0 Å². The number of methoxy groups -OCH3 is 1. The van der Waals surface area contributed by atoms with Crippen molar-refractivity contribution in [1.29, 1.82) is 0 Å². The summed E-state index contributed by atoms with van der Waals surface area (Å²) < 4.78 is 22.4. The molecule has 2 aromatic rings. The molecule has 0 heterocycles.